The number of para-hydroxylation sites is 1. The Kier molecular flexibility index (Phi) is 5.86. The number of rotatable bonds is 4. The van der Waals surface area contributed by atoms with E-state index >= 15 is 0 Å². The lowest BCUT2D eigenvalue weighted by Crippen LogP contribution is -2.37. The van der Waals surface area contributed by atoms with Crippen LogP contribution < -0.4 is 10.6 Å². The van der Waals surface area contributed by atoms with Crippen LogP contribution in [0.3, 0.4) is 0 Å². The van der Waals surface area contributed by atoms with E-state index in [0.29, 0.717) is 44.8 Å². The maximum absolute atomic E-state index is 13.3. The molecule has 184 valence electrons. The van der Waals surface area contributed by atoms with Gasteiger partial charge in [-0.1, -0.05) is 18.2 Å². The van der Waals surface area contributed by atoms with Crippen LogP contribution in [0, 0.1) is 0 Å². The molecule has 2 aliphatic rings. The minimum atomic E-state index is -4.55. The zero-order valence-corrected chi connectivity index (χ0v) is 19.9. The summed E-state index contributed by atoms with van der Waals surface area (Å²) in [5, 5.41) is 6.74. The van der Waals surface area contributed by atoms with Gasteiger partial charge in [0.25, 0.3) is 5.91 Å². The topological polar surface area (TPSA) is 54.0 Å². The summed E-state index contributed by atoms with van der Waals surface area (Å²) >= 11 is 0.423. The quantitative estimate of drug-likeness (QED) is 0.308. The van der Waals surface area contributed by atoms with Gasteiger partial charge in [0.15, 0.2) is 0 Å². The molecular weight excluding hydrogens is 508 g/mol. The molecule has 2 aromatic heterocycles. The van der Waals surface area contributed by atoms with Crippen molar-refractivity contribution in [2.45, 2.75) is 54.8 Å². The number of nitrogens with zero attached hydrogens (tertiary/aromatic N) is 1. The van der Waals surface area contributed by atoms with Crippen LogP contribution in [0.5, 0.6) is 0 Å². The standard InChI is InChI=1S/C23H19F6N3OSSi/c24-22(25,26)17-11-15(13-3-1-2-4-14(13)31-17)32-20-21(35-20)9-7-12(8-10-21)30-19(33)16-5-6-18(34-16)23(27,28)29/h1-6,11-12,20H,7-10H2,(H,30,33)(H,31,32). The zero-order chi connectivity index (χ0) is 25.0. The highest BCUT2D eigenvalue weighted by Crippen LogP contribution is 2.57. The van der Waals surface area contributed by atoms with E-state index in [2.05, 4.69) is 15.6 Å². The molecule has 5 rings (SSSR count). The van der Waals surface area contributed by atoms with Crippen molar-refractivity contribution < 1.29 is 31.1 Å². The highest BCUT2D eigenvalue weighted by Gasteiger charge is 2.56. The van der Waals surface area contributed by atoms with Crippen LogP contribution in [-0.2, 0) is 12.4 Å². The van der Waals surface area contributed by atoms with Crippen molar-refractivity contribution in [3.63, 3.8) is 0 Å². The highest BCUT2D eigenvalue weighted by molar-refractivity contribution is 7.14. The van der Waals surface area contributed by atoms with Crippen molar-refractivity contribution in [1.82, 2.24) is 10.3 Å². The number of nitrogens with one attached hydrogen (secondary N) is 2. The molecule has 1 aromatic carbocycles. The number of amides is 1. The number of hydrogen-bond acceptors (Lipinski definition) is 4. The molecule has 1 aliphatic heterocycles. The summed E-state index contributed by atoms with van der Waals surface area (Å²) in [6, 6.07) is 9.70. The largest absolute Gasteiger partial charge is 0.433 e. The third-order valence-electron chi connectivity index (χ3n) is 6.53. The summed E-state index contributed by atoms with van der Waals surface area (Å²) in [5.41, 5.74) is -0.217. The molecule has 1 saturated heterocycles. The van der Waals surface area contributed by atoms with Crippen LogP contribution in [-0.4, -0.2) is 32.1 Å². The van der Waals surface area contributed by atoms with Gasteiger partial charge in [0.2, 0.25) is 0 Å². The number of anilines is 1. The Morgan fingerprint density at radius 2 is 1.74 bits per heavy atom. The summed E-state index contributed by atoms with van der Waals surface area (Å²) in [4.78, 5) is 15.4. The van der Waals surface area contributed by atoms with Gasteiger partial charge in [0.05, 0.1) is 19.9 Å². The molecule has 2 N–H and O–H groups in total. The first-order chi connectivity index (χ1) is 16.4. The summed E-state index contributed by atoms with van der Waals surface area (Å²) < 4.78 is 78.4. The molecule has 35 heavy (non-hydrogen) atoms. The Balaban J connectivity index is 1.22. The fourth-order valence-electron chi connectivity index (χ4n) is 4.59. The van der Waals surface area contributed by atoms with Gasteiger partial charge in [-0.05, 0) is 55.0 Å². The molecule has 3 aromatic rings. The predicted molar refractivity (Wildman–Crippen MR) is 122 cm³/mol. The van der Waals surface area contributed by atoms with E-state index in [1.54, 1.807) is 24.3 Å². The van der Waals surface area contributed by atoms with Crippen molar-refractivity contribution in [3.8, 4) is 0 Å². The van der Waals surface area contributed by atoms with E-state index in [-0.39, 0.29) is 27.1 Å². The van der Waals surface area contributed by atoms with Gasteiger partial charge in [-0.3, -0.25) is 4.79 Å². The third-order valence-corrected chi connectivity index (χ3v) is 9.70. The maximum Gasteiger partial charge on any atom is 0.433 e. The number of carbonyl (C=O) groups excluding carboxylic acids is 1. The maximum atomic E-state index is 13.3. The molecule has 1 aliphatic carbocycles. The second-order valence-electron chi connectivity index (χ2n) is 8.86. The molecule has 1 atom stereocenters. The summed E-state index contributed by atoms with van der Waals surface area (Å²) in [7, 11) is 0.531. The minimum Gasteiger partial charge on any atom is -0.385 e. The normalized spacial score (nSPS) is 24.5. The van der Waals surface area contributed by atoms with Gasteiger partial charge in [-0.2, -0.15) is 26.3 Å². The number of benzene rings is 1. The lowest BCUT2D eigenvalue weighted by molar-refractivity contribution is -0.141. The number of hydrogen-bond donors (Lipinski definition) is 2. The van der Waals surface area contributed by atoms with E-state index in [4.69, 9.17) is 0 Å². The first-order valence-electron chi connectivity index (χ1n) is 10.9. The fourth-order valence-corrected chi connectivity index (χ4v) is 7.03. The summed E-state index contributed by atoms with van der Waals surface area (Å²) in [5.74, 6) is -0.512. The average molecular weight is 528 g/mol. The molecular formula is C23H19F6N3OSSi. The second-order valence-corrected chi connectivity index (χ2v) is 11.8. The van der Waals surface area contributed by atoms with Crippen LogP contribution >= 0.6 is 11.3 Å². The van der Waals surface area contributed by atoms with Crippen molar-refractivity contribution in [2.75, 3.05) is 5.32 Å². The van der Waals surface area contributed by atoms with E-state index in [1.807, 2.05) is 0 Å². The van der Waals surface area contributed by atoms with E-state index in [9.17, 15) is 31.1 Å². The number of halogens is 6. The SMILES string of the molecule is O=C(NC1CCC2(CC1)[Si]C2Nc1cc(C(F)(F)F)nc2ccccc12)c1ccc(C(F)(F)F)s1. The number of alkyl halides is 6. The Hall–Kier alpha value is -2.60. The van der Waals surface area contributed by atoms with Gasteiger partial charge in [-0.25, -0.2) is 4.98 Å². The molecule has 1 saturated carbocycles. The van der Waals surface area contributed by atoms with Crippen LogP contribution in [0.1, 0.15) is 45.9 Å². The molecule has 0 bridgehead atoms. The van der Waals surface area contributed by atoms with E-state index in [0.717, 1.165) is 25.0 Å². The van der Waals surface area contributed by atoms with E-state index < -0.39 is 28.8 Å². The average Bonchev–Trinajstić information content (AvgIpc) is 3.19. The van der Waals surface area contributed by atoms with Crippen LogP contribution in [0.25, 0.3) is 10.9 Å². The minimum absolute atomic E-state index is 0.0236. The highest BCUT2D eigenvalue weighted by atomic mass is 32.1. The Morgan fingerprint density at radius 1 is 1.03 bits per heavy atom. The number of aromatic nitrogens is 1. The fraction of sp³-hybridized carbons (Fsp3) is 0.391. The number of pyridine rings is 1. The Labute approximate surface area is 202 Å². The molecule has 2 fully saturated rings. The number of thiophene rings is 1. The Morgan fingerprint density at radius 3 is 2.40 bits per heavy atom. The van der Waals surface area contributed by atoms with Gasteiger partial charge in [0, 0.05) is 22.8 Å². The van der Waals surface area contributed by atoms with Crippen LogP contribution in [0.4, 0.5) is 32.0 Å². The molecule has 1 amide bonds. The van der Waals surface area contributed by atoms with E-state index in [1.165, 1.54) is 6.07 Å². The zero-order valence-electron chi connectivity index (χ0n) is 18.1. The van der Waals surface area contributed by atoms with Crippen LogP contribution in [0.15, 0.2) is 42.5 Å². The smallest absolute Gasteiger partial charge is 0.385 e. The first kappa shape index (κ1) is 24.1. The molecule has 3 heterocycles. The van der Waals surface area contributed by atoms with Crippen LogP contribution in [0.2, 0.25) is 5.04 Å². The molecule has 1 unspecified atom stereocenters. The van der Waals surface area contributed by atoms with Gasteiger partial charge >= 0.3 is 12.4 Å². The third kappa shape index (κ3) is 4.90. The number of carbonyl (C=O) groups is 1. The number of fused-ring (bicyclic) bond motifs is 1. The van der Waals surface area contributed by atoms with Crippen molar-refractivity contribution in [1.29, 1.82) is 0 Å². The van der Waals surface area contributed by atoms with Crippen molar-refractivity contribution >= 4 is 43.4 Å². The van der Waals surface area contributed by atoms with Gasteiger partial charge in [-0.15, -0.1) is 11.3 Å². The van der Waals surface area contributed by atoms with Crippen molar-refractivity contribution in [2.24, 2.45) is 0 Å². The molecule has 1 spiro atoms. The Bertz CT molecular complexity index is 1270. The van der Waals surface area contributed by atoms with Crippen molar-refractivity contribution in [3.05, 3.63) is 57.9 Å². The predicted octanol–water partition coefficient (Wildman–Crippen LogP) is 6.32. The first-order valence-corrected chi connectivity index (χ1v) is 12.8. The lowest BCUT2D eigenvalue weighted by atomic mass is 9.85. The second kappa shape index (κ2) is 8.51. The monoisotopic (exact) mass is 527 g/mol. The molecule has 12 heteroatoms. The van der Waals surface area contributed by atoms with Gasteiger partial charge in [0.1, 0.15) is 10.6 Å². The van der Waals surface area contributed by atoms with Gasteiger partial charge < -0.3 is 10.6 Å². The lowest BCUT2D eigenvalue weighted by Gasteiger charge is -2.30. The summed E-state index contributed by atoms with van der Waals surface area (Å²) in [6.45, 7) is 0. The molecule has 2 radical (unpaired) electrons. The molecule has 4 nitrogen and oxygen atoms in total. The summed E-state index contributed by atoms with van der Waals surface area (Å²) in [6.07, 6.45) is -6.14.